The zero-order valence-corrected chi connectivity index (χ0v) is 21.8. The van der Waals surface area contributed by atoms with Gasteiger partial charge in [0.2, 0.25) is 5.91 Å². The fourth-order valence-corrected chi connectivity index (χ4v) is 8.42. The van der Waals surface area contributed by atoms with Crippen molar-refractivity contribution < 1.29 is 14.7 Å². The Morgan fingerprint density at radius 3 is 2.81 bits per heavy atom. The number of hydrogen-bond acceptors (Lipinski definition) is 8. The van der Waals surface area contributed by atoms with Gasteiger partial charge in [0.1, 0.15) is 15.5 Å². The number of fused-ring (bicyclic) bond motifs is 3. The van der Waals surface area contributed by atoms with E-state index < -0.39 is 6.09 Å². The Balaban J connectivity index is 1.21. The molecular weight excluding hydrogens is 496 g/mol. The first-order chi connectivity index (χ1) is 17.5. The van der Waals surface area contributed by atoms with Crippen molar-refractivity contribution in [3.8, 4) is 10.6 Å². The maximum Gasteiger partial charge on any atom is 0.407 e. The lowest BCUT2D eigenvalue weighted by Crippen LogP contribution is -2.37. The molecule has 0 aromatic carbocycles. The quantitative estimate of drug-likeness (QED) is 0.384. The van der Waals surface area contributed by atoms with Crippen LogP contribution in [0.2, 0.25) is 0 Å². The Morgan fingerprint density at radius 1 is 1.25 bits per heavy atom. The molecule has 5 heterocycles. The van der Waals surface area contributed by atoms with Gasteiger partial charge < -0.3 is 26.0 Å². The molecular formula is C25H30N6O3S2. The topological polar surface area (TPSA) is 119 Å². The standard InChI is InChI=1S/C25H30N6O3S2/c1-13-22-17(4-7-31(13)25(33)34)21(23-29-18-12-26-5-2-19(18)35-23)24(36-22)30-20(32)3-6-28-16-8-14-10-27-11-15(14)9-16/h2,5,12-16,27-28H,3-4,6-11H2,1H3,(H,30,32)(H,33,34)/t13-,14-,15+,16-/m0/s1. The number of anilines is 1. The third-order valence-electron chi connectivity index (χ3n) is 7.83. The van der Waals surface area contributed by atoms with E-state index >= 15 is 0 Å². The van der Waals surface area contributed by atoms with Crippen LogP contribution in [0.1, 0.15) is 42.7 Å². The van der Waals surface area contributed by atoms with Gasteiger partial charge in [0, 0.05) is 42.2 Å². The van der Waals surface area contributed by atoms with Gasteiger partial charge in [0.05, 0.1) is 16.9 Å². The monoisotopic (exact) mass is 526 g/mol. The molecule has 0 radical (unpaired) electrons. The van der Waals surface area contributed by atoms with Crippen molar-refractivity contribution in [3.05, 3.63) is 28.9 Å². The smallest absolute Gasteiger partial charge is 0.407 e. The molecule has 6 rings (SSSR count). The van der Waals surface area contributed by atoms with Gasteiger partial charge in [-0.1, -0.05) is 0 Å². The summed E-state index contributed by atoms with van der Waals surface area (Å²) in [5, 5.41) is 21.5. The Morgan fingerprint density at radius 2 is 2.06 bits per heavy atom. The molecule has 0 spiro atoms. The van der Waals surface area contributed by atoms with Crippen LogP contribution in [0, 0.1) is 11.8 Å². The summed E-state index contributed by atoms with van der Waals surface area (Å²) in [6, 6.07) is 2.18. The predicted octanol–water partition coefficient (Wildman–Crippen LogP) is 3.93. The number of carboxylic acid groups (broad SMARTS) is 1. The summed E-state index contributed by atoms with van der Waals surface area (Å²) < 4.78 is 1.04. The molecule has 9 nitrogen and oxygen atoms in total. The van der Waals surface area contributed by atoms with Gasteiger partial charge in [-0.25, -0.2) is 9.78 Å². The van der Waals surface area contributed by atoms with E-state index in [1.807, 2.05) is 13.0 Å². The van der Waals surface area contributed by atoms with Crippen molar-refractivity contribution in [1.82, 2.24) is 25.5 Å². The molecule has 4 N–H and O–H groups in total. The van der Waals surface area contributed by atoms with Gasteiger partial charge in [0.15, 0.2) is 0 Å². The maximum atomic E-state index is 13.0. The average Bonchev–Trinajstić information content (AvgIpc) is 3.60. The van der Waals surface area contributed by atoms with E-state index in [0.29, 0.717) is 32.0 Å². The van der Waals surface area contributed by atoms with E-state index in [1.165, 1.54) is 29.1 Å². The van der Waals surface area contributed by atoms with E-state index in [4.69, 9.17) is 4.98 Å². The Hall–Kier alpha value is -2.60. The number of hydrogen-bond donors (Lipinski definition) is 4. The SMILES string of the molecule is C[C@H]1c2sc(NC(=O)CCN[C@H]3C[C@H]4CNC[C@H]4C3)c(-c3nc4cnccc4s3)c2CCN1C(=O)O. The van der Waals surface area contributed by atoms with Crippen LogP contribution >= 0.6 is 22.7 Å². The van der Waals surface area contributed by atoms with Crippen LogP contribution < -0.4 is 16.0 Å². The minimum atomic E-state index is -0.919. The number of pyridine rings is 1. The first-order valence-corrected chi connectivity index (χ1v) is 14.2. The summed E-state index contributed by atoms with van der Waals surface area (Å²) >= 11 is 3.06. The Labute approximate surface area is 217 Å². The van der Waals surface area contributed by atoms with Gasteiger partial charge in [-0.3, -0.25) is 9.78 Å². The molecule has 0 unspecified atom stereocenters. The van der Waals surface area contributed by atoms with Crippen LogP contribution in [-0.2, 0) is 11.2 Å². The minimum absolute atomic E-state index is 0.0345. The summed E-state index contributed by atoms with van der Waals surface area (Å²) in [5.74, 6) is 1.51. The third kappa shape index (κ3) is 4.38. The summed E-state index contributed by atoms with van der Waals surface area (Å²) in [4.78, 5) is 36.2. The lowest BCUT2D eigenvalue weighted by Gasteiger charge is -2.31. The summed E-state index contributed by atoms with van der Waals surface area (Å²) in [5.41, 5.74) is 2.86. The molecule has 2 fully saturated rings. The fraction of sp³-hybridized carbons (Fsp3) is 0.520. The lowest BCUT2D eigenvalue weighted by atomic mass is 9.98. The number of thiophene rings is 1. The number of amides is 2. The summed E-state index contributed by atoms with van der Waals surface area (Å²) in [6.45, 7) is 5.23. The number of carbonyl (C=O) groups is 2. The predicted molar refractivity (Wildman–Crippen MR) is 142 cm³/mol. The number of carbonyl (C=O) groups excluding carboxylic acids is 1. The zero-order valence-electron chi connectivity index (χ0n) is 20.1. The molecule has 3 aromatic rings. The van der Waals surface area contributed by atoms with Crippen molar-refractivity contribution >= 4 is 49.9 Å². The zero-order chi connectivity index (χ0) is 24.8. The number of nitrogens with one attached hydrogen (secondary N) is 3. The van der Waals surface area contributed by atoms with E-state index in [0.717, 1.165) is 61.2 Å². The molecule has 1 aliphatic carbocycles. The summed E-state index contributed by atoms with van der Waals surface area (Å²) in [6.07, 6.45) is 5.95. The van der Waals surface area contributed by atoms with E-state index in [-0.39, 0.29) is 11.9 Å². The highest BCUT2D eigenvalue weighted by Gasteiger charge is 2.37. The molecule has 3 aromatic heterocycles. The van der Waals surface area contributed by atoms with Gasteiger partial charge in [-0.2, -0.15) is 0 Å². The van der Waals surface area contributed by atoms with Crippen LogP contribution in [0.5, 0.6) is 0 Å². The number of aromatic nitrogens is 2. The van der Waals surface area contributed by atoms with Crippen molar-refractivity contribution in [2.75, 3.05) is 31.5 Å². The maximum absolute atomic E-state index is 13.0. The van der Waals surface area contributed by atoms with Crippen molar-refractivity contribution in [1.29, 1.82) is 0 Å². The van der Waals surface area contributed by atoms with Crippen LogP contribution in [0.25, 0.3) is 20.8 Å². The van der Waals surface area contributed by atoms with E-state index in [9.17, 15) is 14.7 Å². The molecule has 190 valence electrons. The molecule has 11 heteroatoms. The van der Waals surface area contributed by atoms with Crippen molar-refractivity contribution in [2.24, 2.45) is 11.8 Å². The van der Waals surface area contributed by atoms with Crippen LogP contribution in [-0.4, -0.2) is 64.2 Å². The highest BCUT2D eigenvalue weighted by atomic mass is 32.1. The number of nitrogens with zero attached hydrogens (tertiary/aromatic N) is 3. The first-order valence-electron chi connectivity index (χ1n) is 12.6. The number of rotatable bonds is 6. The van der Waals surface area contributed by atoms with Crippen molar-refractivity contribution in [2.45, 2.75) is 44.7 Å². The first kappa shape index (κ1) is 23.8. The van der Waals surface area contributed by atoms with Crippen LogP contribution in [0.15, 0.2) is 18.5 Å². The molecule has 2 aliphatic heterocycles. The molecule has 0 bridgehead atoms. The van der Waals surface area contributed by atoms with Gasteiger partial charge in [-0.15, -0.1) is 22.7 Å². The summed E-state index contributed by atoms with van der Waals surface area (Å²) in [7, 11) is 0. The van der Waals surface area contributed by atoms with E-state index in [2.05, 4.69) is 20.9 Å². The van der Waals surface area contributed by atoms with Crippen LogP contribution in [0.4, 0.5) is 9.80 Å². The highest BCUT2D eigenvalue weighted by Crippen LogP contribution is 2.48. The van der Waals surface area contributed by atoms with Crippen LogP contribution in [0.3, 0.4) is 0 Å². The molecule has 2 amide bonds. The molecule has 36 heavy (non-hydrogen) atoms. The molecule has 3 aliphatic rings. The van der Waals surface area contributed by atoms with Gasteiger partial charge in [0.25, 0.3) is 0 Å². The minimum Gasteiger partial charge on any atom is -0.465 e. The van der Waals surface area contributed by atoms with E-state index in [1.54, 1.807) is 23.7 Å². The molecule has 1 saturated carbocycles. The fourth-order valence-electron chi connectivity index (χ4n) is 6.01. The number of thiazole rings is 1. The average molecular weight is 527 g/mol. The second-order valence-corrected chi connectivity index (χ2v) is 12.1. The highest BCUT2D eigenvalue weighted by molar-refractivity contribution is 7.23. The third-order valence-corrected chi connectivity index (χ3v) is 10.2. The van der Waals surface area contributed by atoms with Gasteiger partial charge >= 0.3 is 6.09 Å². The Bertz CT molecular complexity index is 1260. The van der Waals surface area contributed by atoms with Gasteiger partial charge in [-0.05, 0) is 62.7 Å². The lowest BCUT2D eigenvalue weighted by molar-refractivity contribution is -0.116. The second kappa shape index (κ2) is 9.70. The molecule has 1 saturated heterocycles. The Kier molecular flexibility index (Phi) is 6.40. The van der Waals surface area contributed by atoms with Crippen molar-refractivity contribution in [3.63, 3.8) is 0 Å². The molecule has 4 atom stereocenters. The largest absolute Gasteiger partial charge is 0.465 e. The normalized spacial score (nSPS) is 25.2. The second-order valence-electron chi connectivity index (χ2n) is 10.0.